The second-order valence-electron chi connectivity index (χ2n) is 4.33. The highest BCUT2D eigenvalue weighted by Crippen LogP contribution is 2.34. The molecule has 0 radical (unpaired) electrons. The molecule has 1 heterocycles. The van der Waals surface area contributed by atoms with Crippen LogP contribution in [0.1, 0.15) is 16.8 Å². The Morgan fingerprint density at radius 1 is 1.58 bits per heavy atom. The molecule has 0 saturated carbocycles. The average molecular weight is 266 g/mol. The van der Waals surface area contributed by atoms with Gasteiger partial charge in [-0.2, -0.15) is 0 Å². The molecular formula is C12H14N2O5. The van der Waals surface area contributed by atoms with Crippen LogP contribution in [0.5, 0.6) is 0 Å². The maximum absolute atomic E-state index is 11.2. The predicted molar refractivity (Wildman–Crippen MR) is 67.7 cm³/mol. The zero-order valence-corrected chi connectivity index (χ0v) is 10.4. The summed E-state index contributed by atoms with van der Waals surface area (Å²) in [6, 6.07) is 4.08. The Kier molecular flexibility index (Phi) is 3.66. The van der Waals surface area contributed by atoms with E-state index in [0.717, 1.165) is 6.42 Å². The average Bonchev–Trinajstić information content (AvgIpc) is 2.86. The van der Waals surface area contributed by atoms with Crippen LogP contribution in [0.4, 0.5) is 11.4 Å². The largest absolute Gasteiger partial charge is 0.478 e. The number of nitrogens with zero attached hydrogens (tertiary/aromatic N) is 2. The van der Waals surface area contributed by atoms with E-state index in [1.165, 1.54) is 18.2 Å². The third kappa shape index (κ3) is 2.50. The molecule has 1 atom stereocenters. The summed E-state index contributed by atoms with van der Waals surface area (Å²) >= 11 is 0. The smallest absolute Gasteiger partial charge is 0.338 e. The van der Waals surface area contributed by atoms with Crippen molar-refractivity contribution in [3.8, 4) is 0 Å². The molecule has 19 heavy (non-hydrogen) atoms. The molecule has 7 heteroatoms. The quantitative estimate of drug-likeness (QED) is 0.656. The maximum atomic E-state index is 11.2. The van der Waals surface area contributed by atoms with Crippen LogP contribution in [0, 0.1) is 10.1 Å². The molecule has 1 aliphatic rings. The van der Waals surface area contributed by atoms with Crippen LogP contribution in [0.3, 0.4) is 0 Å². The van der Waals surface area contributed by atoms with Crippen LogP contribution in [0.15, 0.2) is 18.2 Å². The zero-order valence-electron chi connectivity index (χ0n) is 10.4. The lowest BCUT2D eigenvalue weighted by Gasteiger charge is -2.20. The minimum absolute atomic E-state index is 0.0264. The number of methoxy groups -OCH3 is 1. The number of carboxylic acids is 1. The topological polar surface area (TPSA) is 92.9 Å². The van der Waals surface area contributed by atoms with Gasteiger partial charge in [0, 0.05) is 26.3 Å². The third-order valence-electron chi connectivity index (χ3n) is 3.24. The molecule has 102 valence electrons. The summed E-state index contributed by atoms with van der Waals surface area (Å²) in [6.07, 6.45) is 0.697. The van der Waals surface area contributed by atoms with Crippen molar-refractivity contribution in [3.05, 3.63) is 33.9 Å². The number of carbonyl (C=O) groups is 1. The van der Waals surface area contributed by atoms with Gasteiger partial charge in [-0.25, -0.2) is 4.79 Å². The van der Waals surface area contributed by atoms with E-state index in [2.05, 4.69) is 0 Å². The minimum Gasteiger partial charge on any atom is -0.478 e. The van der Waals surface area contributed by atoms with E-state index in [4.69, 9.17) is 4.74 Å². The van der Waals surface area contributed by atoms with E-state index in [9.17, 15) is 20.0 Å². The number of aromatic carboxylic acids is 1. The van der Waals surface area contributed by atoms with E-state index < -0.39 is 10.9 Å². The second kappa shape index (κ2) is 5.23. The molecule has 1 aromatic carbocycles. The predicted octanol–water partition coefficient (Wildman–Crippen LogP) is 1.52. The number of carboxylic acid groups (broad SMARTS) is 1. The van der Waals surface area contributed by atoms with Crippen LogP contribution < -0.4 is 4.90 Å². The van der Waals surface area contributed by atoms with E-state index in [1.54, 1.807) is 12.0 Å². The molecule has 1 aliphatic heterocycles. The van der Waals surface area contributed by atoms with Gasteiger partial charge in [0.15, 0.2) is 0 Å². The van der Waals surface area contributed by atoms with Crippen molar-refractivity contribution in [3.63, 3.8) is 0 Å². The van der Waals surface area contributed by atoms with Gasteiger partial charge in [0.25, 0.3) is 5.69 Å². The first-order valence-electron chi connectivity index (χ1n) is 5.83. The van der Waals surface area contributed by atoms with Crippen molar-refractivity contribution >= 4 is 17.3 Å². The maximum Gasteiger partial charge on any atom is 0.338 e. The highest BCUT2D eigenvalue weighted by Gasteiger charge is 2.31. The first kappa shape index (κ1) is 13.3. The summed E-state index contributed by atoms with van der Waals surface area (Å²) in [5.74, 6) is -1.17. The van der Waals surface area contributed by atoms with Crippen molar-refractivity contribution in [1.82, 2.24) is 0 Å². The number of para-hydroxylation sites is 1. The SMILES string of the molecule is COC1CCN(c2c(C(=O)O)cccc2[N+](=O)[O-])C1. The van der Waals surface area contributed by atoms with E-state index in [0.29, 0.717) is 13.1 Å². The number of nitro benzene ring substituents is 1. The van der Waals surface area contributed by atoms with Gasteiger partial charge in [0.1, 0.15) is 5.69 Å². The molecule has 2 rings (SSSR count). The first-order chi connectivity index (χ1) is 9.04. The van der Waals surface area contributed by atoms with Gasteiger partial charge < -0.3 is 14.7 Å². The molecule has 1 fully saturated rings. The standard InChI is InChI=1S/C12H14N2O5/c1-19-8-5-6-13(7-8)11-9(12(15)16)3-2-4-10(11)14(17)18/h2-4,8H,5-7H2,1H3,(H,15,16). The van der Waals surface area contributed by atoms with Crippen molar-refractivity contribution in [2.45, 2.75) is 12.5 Å². The fourth-order valence-electron chi connectivity index (χ4n) is 2.31. The van der Waals surface area contributed by atoms with Crippen LogP contribution in [-0.4, -0.2) is 42.3 Å². The lowest BCUT2D eigenvalue weighted by Crippen LogP contribution is -2.25. The van der Waals surface area contributed by atoms with Crippen LogP contribution in [-0.2, 0) is 4.74 Å². The molecule has 1 N–H and O–H groups in total. The summed E-state index contributed by atoms with van der Waals surface area (Å²) in [5.41, 5.74) is -0.0674. The summed E-state index contributed by atoms with van der Waals surface area (Å²) in [7, 11) is 1.58. The second-order valence-corrected chi connectivity index (χ2v) is 4.33. The van der Waals surface area contributed by atoms with Gasteiger partial charge in [-0.05, 0) is 12.5 Å². The monoisotopic (exact) mass is 266 g/mol. The molecule has 0 bridgehead atoms. The molecule has 7 nitrogen and oxygen atoms in total. The molecule has 1 saturated heterocycles. The fourth-order valence-corrected chi connectivity index (χ4v) is 2.31. The number of benzene rings is 1. The Morgan fingerprint density at radius 2 is 2.32 bits per heavy atom. The Hall–Kier alpha value is -2.15. The molecule has 1 unspecified atom stereocenters. The van der Waals surface area contributed by atoms with E-state index in [1.807, 2.05) is 0 Å². The normalized spacial score (nSPS) is 18.6. The van der Waals surface area contributed by atoms with Crippen molar-refractivity contribution in [2.24, 2.45) is 0 Å². The van der Waals surface area contributed by atoms with E-state index >= 15 is 0 Å². The summed E-state index contributed by atoms with van der Waals surface area (Å²) < 4.78 is 5.20. The number of rotatable bonds is 4. The Morgan fingerprint density at radius 3 is 2.84 bits per heavy atom. The number of hydrogen-bond donors (Lipinski definition) is 1. The summed E-state index contributed by atoms with van der Waals surface area (Å²) in [6.45, 7) is 1.01. The van der Waals surface area contributed by atoms with Crippen LogP contribution in [0.25, 0.3) is 0 Å². The lowest BCUT2D eigenvalue weighted by atomic mass is 10.1. The lowest BCUT2D eigenvalue weighted by molar-refractivity contribution is -0.384. The Bertz CT molecular complexity index is 485. The van der Waals surface area contributed by atoms with Gasteiger partial charge in [0.05, 0.1) is 16.6 Å². The summed E-state index contributed by atoms with van der Waals surface area (Å²) in [4.78, 5) is 23.4. The summed E-state index contributed by atoms with van der Waals surface area (Å²) in [5, 5.41) is 20.2. The van der Waals surface area contributed by atoms with Gasteiger partial charge in [0.2, 0.25) is 0 Å². The van der Waals surface area contributed by atoms with Crippen LogP contribution >= 0.6 is 0 Å². The number of nitro groups is 1. The Labute approximate surface area is 109 Å². The van der Waals surface area contributed by atoms with Crippen molar-refractivity contribution < 1.29 is 19.6 Å². The number of anilines is 1. The molecular weight excluding hydrogens is 252 g/mol. The molecule has 1 aromatic rings. The van der Waals surface area contributed by atoms with Gasteiger partial charge in [-0.3, -0.25) is 10.1 Å². The minimum atomic E-state index is -1.17. The number of ether oxygens (including phenoxy) is 1. The molecule has 0 amide bonds. The van der Waals surface area contributed by atoms with Gasteiger partial charge >= 0.3 is 5.97 Å². The van der Waals surface area contributed by atoms with Crippen molar-refractivity contribution in [1.29, 1.82) is 0 Å². The molecule has 0 spiro atoms. The zero-order chi connectivity index (χ0) is 14.0. The van der Waals surface area contributed by atoms with Crippen molar-refractivity contribution in [2.75, 3.05) is 25.1 Å². The third-order valence-corrected chi connectivity index (χ3v) is 3.24. The highest BCUT2D eigenvalue weighted by molar-refractivity contribution is 5.97. The van der Waals surface area contributed by atoms with Gasteiger partial charge in [-0.1, -0.05) is 6.07 Å². The highest BCUT2D eigenvalue weighted by atomic mass is 16.6. The molecule has 0 aliphatic carbocycles. The fraction of sp³-hybridized carbons (Fsp3) is 0.417. The van der Waals surface area contributed by atoms with Crippen LogP contribution in [0.2, 0.25) is 0 Å². The first-order valence-corrected chi connectivity index (χ1v) is 5.83. The van der Waals surface area contributed by atoms with E-state index in [-0.39, 0.29) is 23.0 Å². The van der Waals surface area contributed by atoms with Gasteiger partial charge in [-0.15, -0.1) is 0 Å². The number of hydrogen-bond acceptors (Lipinski definition) is 5. The Balaban J connectivity index is 2.47. The molecule has 0 aromatic heterocycles.